The summed E-state index contributed by atoms with van der Waals surface area (Å²) in [7, 11) is -3.26. The zero-order chi connectivity index (χ0) is 21.0. The highest BCUT2D eigenvalue weighted by Gasteiger charge is 2.21. The minimum absolute atomic E-state index is 0.210. The molecule has 0 bridgehead atoms. The van der Waals surface area contributed by atoms with Crippen LogP contribution < -0.4 is 5.32 Å². The zero-order valence-electron chi connectivity index (χ0n) is 17.4. The number of likely N-dealkylation sites (tertiary alicyclic amines) is 1. The molecule has 0 unspecified atom stereocenters. The maximum atomic E-state index is 12.3. The van der Waals surface area contributed by atoms with Gasteiger partial charge in [0.1, 0.15) is 0 Å². The molecule has 1 aliphatic rings. The molecule has 1 amide bonds. The lowest BCUT2D eigenvalue weighted by Gasteiger charge is -2.35. The van der Waals surface area contributed by atoms with E-state index in [9.17, 15) is 13.2 Å². The molecular weight excluding hydrogens is 384 g/mol. The zero-order valence-corrected chi connectivity index (χ0v) is 18.2. The Morgan fingerprint density at radius 3 is 2.07 bits per heavy atom. The van der Waals surface area contributed by atoms with E-state index in [-0.39, 0.29) is 10.8 Å². The molecule has 1 aliphatic heterocycles. The second kappa shape index (κ2) is 9.09. The van der Waals surface area contributed by atoms with Crippen molar-refractivity contribution >= 4 is 15.7 Å². The number of sulfone groups is 1. The van der Waals surface area contributed by atoms with Crippen molar-refractivity contribution in [2.24, 2.45) is 11.8 Å². The molecule has 2 atom stereocenters. The highest BCUT2D eigenvalue weighted by molar-refractivity contribution is 7.90. The molecule has 0 aromatic heterocycles. The van der Waals surface area contributed by atoms with E-state index in [4.69, 9.17) is 0 Å². The highest BCUT2D eigenvalue weighted by atomic mass is 32.2. The van der Waals surface area contributed by atoms with E-state index in [0.717, 1.165) is 43.3 Å². The molecule has 5 nitrogen and oxygen atoms in total. The lowest BCUT2D eigenvalue weighted by Crippen LogP contribution is -2.38. The molecule has 0 saturated carbocycles. The van der Waals surface area contributed by atoms with Crippen LogP contribution in [0, 0.1) is 11.8 Å². The van der Waals surface area contributed by atoms with Crippen LogP contribution in [-0.4, -0.2) is 38.6 Å². The van der Waals surface area contributed by atoms with Crippen LogP contribution >= 0.6 is 0 Å². The van der Waals surface area contributed by atoms with Crippen LogP contribution in [0.4, 0.5) is 0 Å². The summed E-state index contributed by atoms with van der Waals surface area (Å²) in [5.74, 6) is 1.28. The average molecular weight is 415 g/mol. The number of piperidine rings is 1. The molecule has 1 saturated heterocycles. The van der Waals surface area contributed by atoms with Gasteiger partial charge in [0.2, 0.25) is 0 Å². The molecule has 1 N–H and O–H groups in total. The first-order valence-electron chi connectivity index (χ1n) is 10.1. The van der Waals surface area contributed by atoms with Gasteiger partial charge in [-0.15, -0.1) is 0 Å². The third-order valence-electron chi connectivity index (χ3n) is 5.37. The molecule has 1 fully saturated rings. The maximum absolute atomic E-state index is 12.3. The van der Waals surface area contributed by atoms with E-state index in [1.165, 1.54) is 36.2 Å². The molecule has 0 radical (unpaired) electrons. The van der Waals surface area contributed by atoms with E-state index in [1.807, 2.05) is 0 Å². The van der Waals surface area contributed by atoms with Gasteiger partial charge in [0, 0.05) is 38.0 Å². The number of carbonyl (C=O) groups excluding carboxylic acids is 1. The lowest BCUT2D eigenvalue weighted by atomic mass is 9.91. The number of nitrogens with one attached hydrogen (secondary N) is 1. The monoisotopic (exact) mass is 414 g/mol. The fourth-order valence-corrected chi connectivity index (χ4v) is 4.71. The third kappa shape index (κ3) is 6.15. The summed E-state index contributed by atoms with van der Waals surface area (Å²) in [6.45, 7) is 8.35. The minimum Gasteiger partial charge on any atom is -0.348 e. The Labute approximate surface area is 174 Å². The predicted molar refractivity (Wildman–Crippen MR) is 115 cm³/mol. The fraction of sp³-hybridized carbons (Fsp3) is 0.435. The van der Waals surface area contributed by atoms with Gasteiger partial charge < -0.3 is 5.32 Å². The van der Waals surface area contributed by atoms with Gasteiger partial charge in [0.15, 0.2) is 9.84 Å². The van der Waals surface area contributed by atoms with Crippen molar-refractivity contribution in [3.63, 3.8) is 0 Å². The molecule has 6 heteroatoms. The van der Waals surface area contributed by atoms with E-state index < -0.39 is 9.84 Å². The number of carbonyl (C=O) groups is 1. The molecule has 0 aliphatic carbocycles. The van der Waals surface area contributed by atoms with Gasteiger partial charge in [-0.1, -0.05) is 38.1 Å². The molecule has 29 heavy (non-hydrogen) atoms. The quantitative estimate of drug-likeness (QED) is 0.786. The van der Waals surface area contributed by atoms with E-state index in [0.29, 0.717) is 12.1 Å². The van der Waals surface area contributed by atoms with Crippen LogP contribution in [0.3, 0.4) is 0 Å². The van der Waals surface area contributed by atoms with Crippen LogP contribution in [0.25, 0.3) is 0 Å². The first-order chi connectivity index (χ1) is 13.7. The number of amides is 1. The molecule has 0 spiro atoms. The van der Waals surface area contributed by atoms with Gasteiger partial charge in [-0.05, 0) is 53.6 Å². The molecule has 2 aromatic carbocycles. The number of rotatable bonds is 6. The Morgan fingerprint density at radius 1 is 0.966 bits per heavy atom. The van der Waals surface area contributed by atoms with Gasteiger partial charge in [0.05, 0.1) is 4.90 Å². The van der Waals surface area contributed by atoms with E-state index in [2.05, 4.69) is 48.3 Å². The van der Waals surface area contributed by atoms with E-state index in [1.54, 1.807) is 0 Å². The van der Waals surface area contributed by atoms with Crippen molar-refractivity contribution in [2.45, 2.75) is 38.3 Å². The Balaban J connectivity index is 1.52. The van der Waals surface area contributed by atoms with Gasteiger partial charge in [-0.2, -0.15) is 0 Å². The van der Waals surface area contributed by atoms with Crippen LogP contribution in [0.5, 0.6) is 0 Å². The summed E-state index contributed by atoms with van der Waals surface area (Å²) < 4.78 is 23.0. The van der Waals surface area contributed by atoms with Crippen LogP contribution in [0.2, 0.25) is 0 Å². The number of benzene rings is 2. The summed E-state index contributed by atoms with van der Waals surface area (Å²) in [4.78, 5) is 15.0. The first-order valence-corrected chi connectivity index (χ1v) is 12.0. The summed E-state index contributed by atoms with van der Waals surface area (Å²) in [6, 6.07) is 14.4. The Bertz CT molecular complexity index is 927. The predicted octanol–water partition coefficient (Wildman–Crippen LogP) is 3.50. The largest absolute Gasteiger partial charge is 0.348 e. The number of nitrogens with zero attached hydrogens (tertiary/aromatic N) is 1. The van der Waals surface area contributed by atoms with Crippen LogP contribution in [0.1, 0.15) is 41.8 Å². The third-order valence-corrected chi connectivity index (χ3v) is 6.50. The molecular formula is C23H30N2O3S. The van der Waals surface area contributed by atoms with Crippen molar-refractivity contribution in [3.8, 4) is 0 Å². The summed E-state index contributed by atoms with van der Waals surface area (Å²) in [5, 5.41) is 2.89. The minimum atomic E-state index is -3.26. The maximum Gasteiger partial charge on any atom is 0.251 e. The number of hydrogen-bond acceptors (Lipinski definition) is 4. The molecule has 156 valence electrons. The normalized spacial score (nSPS) is 20.4. The Morgan fingerprint density at radius 2 is 1.52 bits per heavy atom. The summed E-state index contributed by atoms with van der Waals surface area (Å²) in [5.41, 5.74) is 2.77. The summed E-state index contributed by atoms with van der Waals surface area (Å²) in [6.07, 6.45) is 2.46. The van der Waals surface area contributed by atoms with Crippen molar-refractivity contribution in [1.29, 1.82) is 0 Å². The van der Waals surface area contributed by atoms with Gasteiger partial charge in [-0.25, -0.2) is 8.42 Å². The number of hydrogen-bond donors (Lipinski definition) is 1. The molecule has 1 heterocycles. The standard InChI is InChI=1S/C23H30N2O3S/c1-17-12-18(2)15-25(14-17)16-20-6-4-19(5-7-20)13-24-23(26)21-8-10-22(11-9-21)29(3,27)28/h4-11,17-18H,12-16H2,1-3H3,(H,24,26)/t17-,18-/m1/s1. The topological polar surface area (TPSA) is 66.5 Å². The fourth-order valence-electron chi connectivity index (χ4n) is 4.08. The Hall–Kier alpha value is -2.18. The smallest absolute Gasteiger partial charge is 0.251 e. The second-order valence-corrected chi connectivity index (χ2v) is 10.5. The first kappa shape index (κ1) is 21.5. The van der Waals surface area contributed by atoms with Gasteiger partial charge >= 0.3 is 0 Å². The van der Waals surface area contributed by atoms with Crippen LogP contribution in [-0.2, 0) is 22.9 Å². The highest BCUT2D eigenvalue weighted by Crippen LogP contribution is 2.22. The van der Waals surface area contributed by atoms with Crippen molar-refractivity contribution in [3.05, 3.63) is 65.2 Å². The lowest BCUT2D eigenvalue weighted by molar-refractivity contribution is 0.0951. The van der Waals surface area contributed by atoms with Gasteiger partial charge in [-0.3, -0.25) is 9.69 Å². The second-order valence-electron chi connectivity index (χ2n) is 8.44. The van der Waals surface area contributed by atoms with Crippen molar-refractivity contribution in [1.82, 2.24) is 10.2 Å². The molecule has 3 rings (SSSR count). The molecule has 2 aromatic rings. The summed E-state index contributed by atoms with van der Waals surface area (Å²) >= 11 is 0. The SMILES string of the molecule is C[C@@H]1C[C@@H](C)CN(Cc2ccc(CNC(=O)c3ccc(S(C)(=O)=O)cc3)cc2)C1. The average Bonchev–Trinajstić information content (AvgIpc) is 2.66. The van der Waals surface area contributed by atoms with Crippen LogP contribution in [0.15, 0.2) is 53.4 Å². The Kier molecular flexibility index (Phi) is 6.75. The van der Waals surface area contributed by atoms with E-state index >= 15 is 0 Å². The van der Waals surface area contributed by atoms with Crippen molar-refractivity contribution < 1.29 is 13.2 Å². The van der Waals surface area contributed by atoms with Crippen molar-refractivity contribution in [2.75, 3.05) is 19.3 Å². The van der Waals surface area contributed by atoms with Gasteiger partial charge in [0.25, 0.3) is 5.91 Å².